The van der Waals surface area contributed by atoms with Crippen LogP contribution >= 0.6 is 0 Å². The van der Waals surface area contributed by atoms with Crippen molar-refractivity contribution in [1.29, 1.82) is 0 Å². The summed E-state index contributed by atoms with van der Waals surface area (Å²) in [6, 6.07) is 12.5. The molecule has 1 fully saturated rings. The second kappa shape index (κ2) is 8.71. The Balaban J connectivity index is 1.55. The van der Waals surface area contributed by atoms with Gasteiger partial charge in [-0.05, 0) is 67.6 Å². The van der Waals surface area contributed by atoms with Crippen LogP contribution in [0.1, 0.15) is 30.9 Å². The van der Waals surface area contributed by atoms with E-state index in [4.69, 9.17) is 9.47 Å². The number of benzene rings is 2. The third-order valence-corrected chi connectivity index (χ3v) is 6.36. The van der Waals surface area contributed by atoms with Crippen molar-refractivity contribution >= 4 is 16.8 Å². The van der Waals surface area contributed by atoms with Crippen molar-refractivity contribution in [2.45, 2.75) is 37.6 Å². The van der Waals surface area contributed by atoms with E-state index in [1.807, 2.05) is 49.0 Å². The summed E-state index contributed by atoms with van der Waals surface area (Å²) >= 11 is 0. The van der Waals surface area contributed by atoms with E-state index in [2.05, 4.69) is 5.32 Å². The molecule has 1 N–H and O–H groups in total. The molecule has 0 saturated carbocycles. The topological polar surface area (TPSA) is 52.5 Å². The molecule has 1 aromatic heterocycles. The standard InChI is InChI=1S/C25H29FN2O3/c1-17(14-18-16-28(2)23-9-6-20(26)15-22(18)23)27-24(29)25(10-12-31-13-11-25)19-4-7-21(30-3)8-5-19/h4-9,15-17H,10-14H2,1-3H3,(H,27,29)/t17-/m1/s1. The fourth-order valence-corrected chi connectivity index (χ4v) is 4.63. The summed E-state index contributed by atoms with van der Waals surface area (Å²) in [6.45, 7) is 3.10. The highest BCUT2D eigenvalue weighted by Crippen LogP contribution is 2.36. The second-order valence-corrected chi connectivity index (χ2v) is 8.43. The molecule has 0 unspecified atom stereocenters. The van der Waals surface area contributed by atoms with Gasteiger partial charge >= 0.3 is 0 Å². The number of carbonyl (C=O) groups is 1. The quantitative estimate of drug-likeness (QED) is 0.648. The molecule has 1 atom stereocenters. The van der Waals surface area contributed by atoms with Gasteiger partial charge in [0.1, 0.15) is 11.6 Å². The van der Waals surface area contributed by atoms with E-state index < -0.39 is 5.41 Å². The van der Waals surface area contributed by atoms with Crippen molar-refractivity contribution in [2.75, 3.05) is 20.3 Å². The third-order valence-electron chi connectivity index (χ3n) is 6.36. The molecule has 0 spiro atoms. The number of halogens is 1. The summed E-state index contributed by atoms with van der Waals surface area (Å²) in [5, 5.41) is 4.11. The number of carbonyl (C=O) groups excluding carboxylic acids is 1. The van der Waals surface area contributed by atoms with E-state index >= 15 is 0 Å². The molecule has 164 valence electrons. The molecule has 5 nitrogen and oxygen atoms in total. The Labute approximate surface area is 182 Å². The highest BCUT2D eigenvalue weighted by atomic mass is 19.1. The maximum absolute atomic E-state index is 13.8. The van der Waals surface area contributed by atoms with Gasteiger partial charge in [0.2, 0.25) is 5.91 Å². The van der Waals surface area contributed by atoms with E-state index in [0.717, 1.165) is 27.8 Å². The molecule has 0 radical (unpaired) electrons. The Morgan fingerprint density at radius 1 is 1.23 bits per heavy atom. The van der Waals surface area contributed by atoms with Gasteiger partial charge in [0, 0.05) is 43.4 Å². The predicted octanol–water partition coefficient (Wildman–Crippen LogP) is 4.12. The van der Waals surface area contributed by atoms with Crippen LogP contribution in [0.2, 0.25) is 0 Å². The molecule has 2 heterocycles. The SMILES string of the molecule is COc1ccc(C2(C(=O)N[C@H](C)Cc3cn(C)c4ccc(F)cc34)CCOCC2)cc1. The normalized spacial score (nSPS) is 16.8. The van der Waals surface area contributed by atoms with Crippen LogP contribution in [0.4, 0.5) is 4.39 Å². The smallest absolute Gasteiger partial charge is 0.231 e. The van der Waals surface area contributed by atoms with Crippen LogP contribution in [0.5, 0.6) is 5.75 Å². The van der Waals surface area contributed by atoms with Gasteiger partial charge in [-0.3, -0.25) is 4.79 Å². The number of aromatic nitrogens is 1. The summed E-state index contributed by atoms with van der Waals surface area (Å²) in [4.78, 5) is 13.5. The lowest BCUT2D eigenvalue weighted by molar-refractivity contribution is -0.131. The molecule has 1 saturated heterocycles. The first-order valence-electron chi connectivity index (χ1n) is 10.7. The number of methoxy groups -OCH3 is 1. The van der Waals surface area contributed by atoms with Crippen LogP contribution in [0, 0.1) is 5.82 Å². The van der Waals surface area contributed by atoms with Crippen LogP contribution < -0.4 is 10.1 Å². The summed E-state index contributed by atoms with van der Waals surface area (Å²) < 4.78 is 26.6. The number of aryl methyl sites for hydroxylation is 1. The van der Waals surface area contributed by atoms with Crippen molar-refractivity contribution in [2.24, 2.45) is 7.05 Å². The first-order valence-corrected chi connectivity index (χ1v) is 10.7. The number of nitrogens with zero attached hydrogens (tertiary/aromatic N) is 1. The number of hydrogen-bond acceptors (Lipinski definition) is 3. The zero-order valence-electron chi connectivity index (χ0n) is 18.3. The summed E-state index contributed by atoms with van der Waals surface area (Å²) in [5.41, 5.74) is 2.36. The number of nitrogens with one attached hydrogen (secondary N) is 1. The van der Waals surface area contributed by atoms with Gasteiger partial charge in [0.05, 0.1) is 12.5 Å². The van der Waals surface area contributed by atoms with Crippen LogP contribution in [0.15, 0.2) is 48.7 Å². The van der Waals surface area contributed by atoms with Gasteiger partial charge in [-0.1, -0.05) is 12.1 Å². The lowest BCUT2D eigenvalue weighted by Crippen LogP contribution is -2.50. The first kappa shape index (κ1) is 21.4. The minimum Gasteiger partial charge on any atom is -0.497 e. The maximum atomic E-state index is 13.8. The van der Waals surface area contributed by atoms with E-state index in [9.17, 15) is 9.18 Å². The zero-order valence-corrected chi connectivity index (χ0v) is 18.3. The van der Waals surface area contributed by atoms with E-state index in [0.29, 0.717) is 32.5 Å². The average molecular weight is 425 g/mol. The van der Waals surface area contributed by atoms with Gasteiger partial charge in [-0.25, -0.2) is 4.39 Å². The number of rotatable bonds is 6. The number of amides is 1. The van der Waals surface area contributed by atoms with Gasteiger partial charge in [0.15, 0.2) is 0 Å². The average Bonchev–Trinajstić information content (AvgIpc) is 3.08. The molecule has 3 aromatic rings. The lowest BCUT2D eigenvalue weighted by Gasteiger charge is -2.37. The molecule has 0 bridgehead atoms. The monoisotopic (exact) mass is 424 g/mol. The van der Waals surface area contributed by atoms with Gasteiger partial charge < -0.3 is 19.4 Å². The number of ether oxygens (including phenoxy) is 2. The van der Waals surface area contributed by atoms with Crippen LogP contribution in [0.25, 0.3) is 10.9 Å². The Kier molecular flexibility index (Phi) is 6.01. The fraction of sp³-hybridized carbons (Fsp3) is 0.400. The lowest BCUT2D eigenvalue weighted by atomic mass is 9.73. The zero-order chi connectivity index (χ0) is 22.0. The Morgan fingerprint density at radius 3 is 2.61 bits per heavy atom. The highest BCUT2D eigenvalue weighted by molar-refractivity contribution is 5.89. The molecular formula is C25H29FN2O3. The number of fused-ring (bicyclic) bond motifs is 1. The van der Waals surface area contributed by atoms with Crippen LogP contribution in [0.3, 0.4) is 0 Å². The summed E-state index contributed by atoms with van der Waals surface area (Å²) in [5.74, 6) is 0.528. The molecule has 2 aromatic carbocycles. The maximum Gasteiger partial charge on any atom is 0.231 e. The molecular weight excluding hydrogens is 395 g/mol. The molecule has 1 amide bonds. The molecule has 0 aliphatic carbocycles. The number of hydrogen-bond donors (Lipinski definition) is 1. The molecule has 1 aliphatic rings. The minimum absolute atomic E-state index is 0.0138. The van der Waals surface area contributed by atoms with Gasteiger partial charge in [-0.2, -0.15) is 0 Å². The summed E-state index contributed by atoms with van der Waals surface area (Å²) in [6.07, 6.45) is 3.91. The first-order chi connectivity index (χ1) is 14.9. The molecule has 1 aliphatic heterocycles. The Morgan fingerprint density at radius 2 is 1.94 bits per heavy atom. The van der Waals surface area contributed by atoms with Crippen molar-refractivity contribution < 1.29 is 18.7 Å². The van der Waals surface area contributed by atoms with Crippen molar-refractivity contribution in [1.82, 2.24) is 9.88 Å². The Hall–Kier alpha value is -2.86. The molecule has 6 heteroatoms. The minimum atomic E-state index is -0.621. The van der Waals surface area contributed by atoms with Crippen LogP contribution in [-0.2, 0) is 28.4 Å². The van der Waals surface area contributed by atoms with E-state index in [-0.39, 0.29) is 17.8 Å². The second-order valence-electron chi connectivity index (χ2n) is 8.43. The largest absolute Gasteiger partial charge is 0.497 e. The van der Waals surface area contributed by atoms with Crippen LogP contribution in [-0.4, -0.2) is 36.8 Å². The third kappa shape index (κ3) is 4.17. The predicted molar refractivity (Wildman–Crippen MR) is 119 cm³/mol. The van der Waals surface area contributed by atoms with Crippen molar-refractivity contribution in [3.8, 4) is 5.75 Å². The van der Waals surface area contributed by atoms with Gasteiger partial charge in [0.25, 0.3) is 0 Å². The van der Waals surface area contributed by atoms with Crippen molar-refractivity contribution in [3.05, 3.63) is 65.6 Å². The van der Waals surface area contributed by atoms with E-state index in [1.54, 1.807) is 19.2 Å². The highest BCUT2D eigenvalue weighted by Gasteiger charge is 2.42. The molecule has 4 rings (SSSR count). The Bertz CT molecular complexity index is 1070. The van der Waals surface area contributed by atoms with Gasteiger partial charge in [-0.15, -0.1) is 0 Å². The summed E-state index contributed by atoms with van der Waals surface area (Å²) in [7, 11) is 3.58. The van der Waals surface area contributed by atoms with Crippen molar-refractivity contribution in [3.63, 3.8) is 0 Å². The van der Waals surface area contributed by atoms with E-state index in [1.165, 1.54) is 6.07 Å². The molecule has 31 heavy (non-hydrogen) atoms. The fourth-order valence-electron chi connectivity index (χ4n) is 4.63.